The molecule has 0 saturated heterocycles. The first kappa shape index (κ1) is 17.9. The van der Waals surface area contributed by atoms with Crippen molar-refractivity contribution in [2.45, 2.75) is 24.8 Å². The number of anilines is 2. The molecule has 2 aromatic carbocycles. The van der Waals surface area contributed by atoms with Gasteiger partial charge in [-0.15, -0.1) is 0 Å². The predicted molar refractivity (Wildman–Crippen MR) is 110 cm³/mol. The summed E-state index contributed by atoms with van der Waals surface area (Å²) >= 11 is 1.54. The molecule has 1 unspecified atom stereocenters. The summed E-state index contributed by atoms with van der Waals surface area (Å²) < 4.78 is 20.4. The highest BCUT2D eigenvalue weighted by Crippen LogP contribution is 2.36. The number of thiazole rings is 1. The summed E-state index contributed by atoms with van der Waals surface area (Å²) in [5.74, 6) is 0.657. The summed E-state index contributed by atoms with van der Waals surface area (Å²) in [5.41, 5.74) is 2.61. The van der Waals surface area contributed by atoms with Crippen molar-refractivity contribution in [2.75, 3.05) is 5.32 Å². The molecule has 2 heterocycles. The van der Waals surface area contributed by atoms with Gasteiger partial charge in [-0.3, -0.25) is 4.68 Å². The summed E-state index contributed by atoms with van der Waals surface area (Å²) in [5, 5.41) is 14.9. The summed E-state index contributed by atoms with van der Waals surface area (Å²) in [6.07, 6.45) is 1.83. The molecule has 0 fully saturated rings. The Morgan fingerprint density at radius 1 is 1.30 bits per heavy atom. The average Bonchev–Trinajstić information content (AvgIpc) is 3.19. The molecular formula is C18H19N5O2S2. The van der Waals surface area contributed by atoms with Crippen LogP contribution in [0.1, 0.15) is 13.8 Å². The van der Waals surface area contributed by atoms with Crippen LogP contribution in [0.2, 0.25) is 0 Å². The van der Waals surface area contributed by atoms with Crippen LogP contribution in [0, 0.1) is 0 Å². The molecule has 0 saturated carbocycles. The van der Waals surface area contributed by atoms with Crippen LogP contribution in [0.3, 0.4) is 0 Å². The van der Waals surface area contributed by atoms with Gasteiger partial charge in [0.1, 0.15) is 16.7 Å². The zero-order valence-electron chi connectivity index (χ0n) is 15.1. The molecular weight excluding hydrogens is 382 g/mol. The molecule has 4 aromatic rings. The molecule has 0 bridgehead atoms. The van der Waals surface area contributed by atoms with Crippen molar-refractivity contribution in [3.63, 3.8) is 0 Å². The van der Waals surface area contributed by atoms with Crippen molar-refractivity contribution in [3.05, 3.63) is 36.5 Å². The van der Waals surface area contributed by atoms with Crippen LogP contribution in [-0.4, -0.2) is 25.1 Å². The van der Waals surface area contributed by atoms with E-state index in [4.69, 9.17) is 14.9 Å². The monoisotopic (exact) mass is 401 g/mol. The molecule has 9 heteroatoms. The molecule has 140 valence electrons. The van der Waals surface area contributed by atoms with Crippen molar-refractivity contribution in [2.24, 2.45) is 12.2 Å². The fourth-order valence-corrected chi connectivity index (χ4v) is 4.21. The molecule has 0 aliphatic heterocycles. The Labute approximate surface area is 162 Å². The number of nitrogens with two attached hydrogens (primary N) is 1. The summed E-state index contributed by atoms with van der Waals surface area (Å²) in [6, 6.07) is 9.29. The smallest absolute Gasteiger partial charge is 0.188 e. The quantitative estimate of drug-likeness (QED) is 0.532. The number of hydrogen-bond acceptors (Lipinski definition) is 6. The molecule has 4 rings (SSSR count). The Balaban J connectivity index is 1.77. The molecule has 2 aromatic heterocycles. The highest BCUT2D eigenvalue weighted by Gasteiger charge is 2.14. The van der Waals surface area contributed by atoms with E-state index in [9.17, 15) is 4.21 Å². The number of aromatic nitrogens is 3. The third-order valence-electron chi connectivity index (χ3n) is 4.07. The van der Waals surface area contributed by atoms with Crippen LogP contribution in [0.25, 0.3) is 21.1 Å². The molecule has 3 N–H and O–H groups in total. The number of hydrogen-bond donors (Lipinski definition) is 2. The van der Waals surface area contributed by atoms with Gasteiger partial charge in [-0.2, -0.15) is 5.10 Å². The molecule has 1 atom stereocenters. The van der Waals surface area contributed by atoms with Gasteiger partial charge in [0.05, 0.1) is 38.6 Å². The number of aryl methyl sites for hydroxylation is 1. The third-order valence-corrected chi connectivity index (χ3v) is 5.73. The minimum atomic E-state index is -1.57. The Kier molecular flexibility index (Phi) is 4.58. The van der Waals surface area contributed by atoms with Crippen molar-refractivity contribution in [3.8, 4) is 5.75 Å². The Morgan fingerprint density at radius 3 is 2.85 bits per heavy atom. The van der Waals surface area contributed by atoms with E-state index in [1.165, 1.54) is 11.3 Å². The molecule has 0 spiro atoms. The predicted octanol–water partition coefficient (Wildman–Crippen LogP) is 3.70. The second kappa shape index (κ2) is 6.91. The van der Waals surface area contributed by atoms with E-state index in [0.29, 0.717) is 16.3 Å². The van der Waals surface area contributed by atoms with Crippen LogP contribution < -0.4 is 15.2 Å². The SMILES string of the molecule is CC(C)Oc1ccc(S(N)=O)cc1Nc1nc2c(ccc3c2cnn3C)s1. The normalized spacial score (nSPS) is 12.8. The van der Waals surface area contributed by atoms with Gasteiger partial charge in [-0.1, -0.05) is 11.3 Å². The molecule has 0 aliphatic rings. The lowest BCUT2D eigenvalue weighted by Gasteiger charge is -2.15. The number of nitrogens with one attached hydrogen (secondary N) is 1. The number of benzene rings is 2. The van der Waals surface area contributed by atoms with Crippen LogP contribution in [0.4, 0.5) is 10.8 Å². The highest BCUT2D eigenvalue weighted by molar-refractivity contribution is 7.82. The van der Waals surface area contributed by atoms with E-state index in [2.05, 4.69) is 10.4 Å². The Bertz CT molecular complexity index is 1170. The first-order valence-corrected chi connectivity index (χ1v) is 10.4. The Hall–Kier alpha value is -2.49. The first-order valence-electron chi connectivity index (χ1n) is 8.37. The summed E-state index contributed by atoms with van der Waals surface area (Å²) in [6.45, 7) is 3.91. The zero-order valence-corrected chi connectivity index (χ0v) is 16.7. The maximum atomic E-state index is 11.7. The number of ether oxygens (including phenoxy) is 1. The van der Waals surface area contributed by atoms with Gasteiger partial charge >= 0.3 is 0 Å². The molecule has 0 aliphatic carbocycles. The maximum Gasteiger partial charge on any atom is 0.188 e. The highest BCUT2D eigenvalue weighted by atomic mass is 32.2. The second-order valence-corrected chi connectivity index (χ2v) is 8.48. The van der Waals surface area contributed by atoms with Crippen LogP contribution in [-0.2, 0) is 18.0 Å². The van der Waals surface area contributed by atoms with Crippen LogP contribution >= 0.6 is 11.3 Å². The lowest BCUT2D eigenvalue weighted by atomic mass is 10.2. The van der Waals surface area contributed by atoms with Crippen molar-refractivity contribution in [1.82, 2.24) is 14.8 Å². The van der Waals surface area contributed by atoms with Gasteiger partial charge in [0.2, 0.25) is 0 Å². The van der Waals surface area contributed by atoms with Gasteiger partial charge in [0.25, 0.3) is 0 Å². The lowest BCUT2D eigenvalue weighted by Crippen LogP contribution is -2.09. The number of rotatable bonds is 5. The van der Waals surface area contributed by atoms with Gasteiger partial charge in [-0.25, -0.2) is 14.3 Å². The zero-order chi connectivity index (χ0) is 19.1. The fraction of sp³-hybridized carbons (Fsp3) is 0.222. The molecule has 7 nitrogen and oxygen atoms in total. The van der Waals surface area contributed by atoms with E-state index in [-0.39, 0.29) is 6.10 Å². The van der Waals surface area contributed by atoms with Gasteiger partial charge in [0.15, 0.2) is 5.13 Å². The van der Waals surface area contributed by atoms with Crippen LogP contribution in [0.5, 0.6) is 5.75 Å². The average molecular weight is 402 g/mol. The fourth-order valence-electron chi connectivity index (χ4n) is 2.88. The molecule has 0 radical (unpaired) electrons. The van der Waals surface area contributed by atoms with Crippen molar-refractivity contribution >= 4 is 54.3 Å². The van der Waals surface area contributed by atoms with Gasteiger partial charge in [-0.05, 0) is 44.2 Å². The van der Waals surface area contributed by atoms with E-state index >= 15 is 0 Å². The van der Waals surface area contributed by atoms with Crippen LogP contribution in [0.15, 0.2) is 41.4 Å². The number of nitrogens with zero attached hydrogens (tertiary/aromatic N) is 3. The second-order valence-electron chi connectivity index (χ2n) is 6.38. The lowest BCUT2D eigenvalue weighted by molar-refractivity contribution is 0.243. The summed E-state index contributed by atoms with van der Waals surface area (Å²) in [7, 11) is 0.338. The van der Waals surface area contributed by atoms with Crippen molar-refractivity contribution in [1.29, 1.82) is 0 Å². The van der Waals surface area contributed by atoms with E-state index in [1.807, 2.05) is 43.9 Å². The van der Waals surface area contributed by atoms with Crippen molar-refractivity contribution < 1.29 is 8.95 Å². The van der Waals surface area contributed by atoms with E-state index in [1.54, 1.807) is 18.2 Å². The number of fused-ring (bicyclic) bond motifs is 3. The minimum absolute atomic E-state index is 0.00478. The van der Waals surface area contributed by atoms with Gasteiger partial charge < -0.3 is 10.1 Å². The van der Waals surface area contributed by atoms with Gasteiger partial charge in [0, 0.05) is 12.4 Å². The molecule has 0 amide bonds. The first-order chi connectivity index (χ1) is 12.9. The largest absolute Gasteiger partial charge is 0.489 e. The van der Waals surface area contributed by atoms with E-state index in [0.717, 1.165) is 26.3 Å². The topological polar surface area (TPSA) is 95.1 Å². The third kappa shape index (κ3) is 3.41. The summed E-state index contributed by atoms with van der Waals surface area (Å²) in [4.78, 5) is 5.25. The maximum absolute atomic E-state index is 11.7. The molecule has 27 heavy (non-hydrogen) atoms. The Morgan fingerprint density at radius 2 is 2.11 bits per heavy atom. The standard InChI is InChI=1S/C18H19N5O2S2/c1-10(2)25-15-6-4-11(27(19)24)8-13(15)21-18-22-17-12-9-20-23(3)14(12)5-7-16(17)26-18/h4-10H,19H2,1-3H3,(H,21,22). The minimum Gasteiger partial charge on any atom is -0.489 e. The van der Waals surface area contributed by atoms with E-state index < -0.39 is 11.0 Å².